The highest BCUT2D eigenvalue weighted by atomic mass is 31.1. The summed E-state index contributed by atoms with van der Waals surface area (Å²) in [5.74, 6) is 0.405. The lowest BCUT2D eigenvalue weighted by Gasteiger charge is -2.28. The summed E-state index contributed by atoms with van der Waals surface area (Å²) in [5, 5.41) is 9.63. The van der Waals surface area contributed by atoms with Crippen LogP contribution in [0, 0.1) is 12.3 Å². The van der Waals surface area contributed by atoms with E-state index >= 15 is 0 Å². The third-order valence-corrected chi connectivity index (χ3v) is 5.76. The number of rotatable bonds is 7. The first kappa shape index (κ1) is 23.1. The molecule has 0 heterocycles. The van der Waals surface area contributed by atoms with E-state index in [9.17, 15) is 9.67 Å². The van der Waals surface area contributed by atoms with E-state index in [4.69, 9.17) is 0 Å². The fourth-order valence-corrected chi connectivity index (χ4v) is 4.10. The first-order chi connectivity index (χ1) is 11.2. The molecule has 1 aromatic carbocycles. The normalized spacial score (nSPS) is 12.0. The number of hydrogen-bond acceptors (Lipinski definition) is 2. The zero-order valence-corrected chi connectivity index (χ0v) is 17.7. The second kappa shape index (κ2) is 10.9. The summed E-state index contributed by atoms with van der Waals surface area (Å²) in [7, 11) is 0.321. The Balaban J connectivity index is 0.000000441. The van der Waals surface area contributed by atoms with Gasteiger partial charge in [0.2, 0.25) is 0 Å². The van der Waals surface area contributed by atoms with Crippen molar-refractivity contribution in [3.63, 3.8) is 0 Å². The molecule has 0 aliphatic carbocycles. The van der Waals surface area contributed by atoms with Gasteiger partial charge in [0.1, 0.15) is 5.75 Å². The number of unbranched alkanes of at least 4 members (excludes halogenated alkanes) is 1. The molecule has 0 aromatic heterocycles. The van der Waals surface area contributed by atoms with E-state index in [1.807, 2.05) is 19.1 Å². The van der Waals surface area contributed by atoms with Crippen LogP contribution in [0.2, 0.25) is 0 Å². The molecule has 1 N–H and O–H groups in total. The van der Waals surface area contributed by atoms with Gasteiger partial charge in [-0.15, -0.1) is 0 Å². The van der Waals surface area contributed by atoms with E-state index < -0.39 is 0 Å². The SMILES string of the molecule is CCCCC(CC)(CC)CP=O.Cc1cccc(O)c1C(C)(C)C. The van der Waals surface area contributed by atoms with Crippen molar-refractivity contribution in [2.24, 2.45) is 5.41 Å². The van der Waals surface area contributed by atoms with Crippen LogP contribution in [0.4, 0.5) is 0 Å². The Hall–Kier alpha value is -0.880. The fourth-order valence-electron chi connectivity index (χ4n) is 3.22. The average Bonchev–Trinajstić information content (AvgIpc) is 2.51. The van der Waals surface area contributed by atoms with Crippen molar-refractivity contribution in [1.82, 2.24) is 0 Å². The number of phenolic OH excluding ortho intramolecular Hbond substituents is 1. The van der Waals surface area contributed by atoms with E-state index in [0.717, 1.165) is 17.3 Å². The molecule has 0 unspecified atom stereocenters. The molecule has 0 fully saturated rings. The summed E-state index contributed by atoms with van der Waals surface area (Å²) in [5.41, 5.74) is 2.59. The molecule has 138 valence electrons. The molecule has 3 heteroatoms. The second-order valence-corrected chi connectivity index (χ2v) is 8.39. The third kappa shape index (κ3) is 7.34. The number of aryl methyl sites for hydroxylation is 1. The van der Waals surface area contributed by atoms with E-state index in [1.165, 1.54) is 32.1 Å². The van der Waals surface area contributed by atoms with Crippen LogP contribution >= 0.6 is 8.46 Å². The highest BCUT2D eigenvalue weighted by Crippen LogP contribution is 2.35. The van der Waals surface area contributed by atoms with Crippen molar-refractivity contribution in [2.75, 3.05) is 6.16 Å². The quantitative estimate of drug-likeness (QED) is 0.524. The van der Waals surface area contributed by atoms with Gasteiger partial charge in [0, 0.05) is 11.7 Å². The predicted molar refractivity (Wildman–Crippen MR) is 107 cm³/mol. The predicted octanol–water partition coefficient (Wildman–Crippen LogP) is 7.27. The Bertz CT molecular complexity index is 465. The number of phenols is 1. The van der Waals surface area contributed by atoms with E-state index in [2.05, 4.69) is 41.5 Å². The molecule has 24 heavy (non-hydrogen) atoms. The smallest absolute Gasteiger partial charge is 0.155 e. The number of benzene rings is 1. The van der Waals surface area contributed by atoms with E-state index in [0.29, 0.717) is 19.6 Å². The Morgan fingerprint density at radius 1 is 1.08 bits per heavy atom. The number of hydrogen-bond donors (Lipinski definition) is 1. The summed E-state index contributed by atoms with van der Waals surface area (Å²) >= 11 is 0. The van der Waals surface area contributed by atoms with Crippen molar-refractivity contribution in [1.29, 1.82) is 0 Å². The first-order valence-corrected chi connectivity index (χ1v) is 10.2. The minimum Gasteiger partial charge on any atom is -0.508 e. The third-order valence-electron chi connectivity index (χ3n) is 4.96. The van der Waals surface area contributed by atoms with Crippen molar-refractivity contribution >= 4 is 8.46 Å². The molecule has 1 rings (SSSR count). The van der Waals surface area contributed by atoms with Crippen molar-refractivity contribution < 1.29 is 9.67 Å². The van der Waals surface area contributed by atoms with Gasteiger partial charge < -0.3 is 5.11 Å². The summed E-state index contributed by atoms with van der Waals surface area (Å²) < 4.78 is 10.6. The lowest BCUT2D eigenvalue weighted by atomic mass is 9.80. The summed E-state index contributed by atoms with van der Waals surface area (Å²) in [4.78, 5) is 0. The minimum atomic E-state index is 0.0232. The largest absolute Gasteiger partial charge is 0.508 e. The number of aromatic hydroxyl groups is 1. The second-order valence-electron chi connectivity index (χ2n) is 7.82. The van der Waals surface area contributed by atoms with Crippen LogP contribution in [0.5, 0.6) is 5.75 Å². The van der Waals surface area contributed by atoms with Crippen LogP contribution < -0.4 is 0 Å². The summed E-state index contributed by atoms with van der Waals surface area (Å²) in [6.45, 7) is 15.0. The first-order valence-electron chi connectivity index (χ1n) is 9.25. The van der Waals surface area contributed by atoms with Gasteiger partial charge in [0.25, 0.3) is 0 Å². The molecule has 0 saturated carbocycles. The molecule has 0 spiro atoms. The summed E-state index contributed by atoms with van der Waals surface area (Å²) in [6, 6.07) is 5.65. The van der Waals surface area contributed by atoms with Gasteiger partial charge in [-0.3, -0.25) is 4.57 Å². The Labute approximate surface area is 151 Å². The molecule has 0 amide bonds. The molecule has 0 radical (unpaired) electrons. The molecular formula is C21H37O2P. The van der Waals surface area contributed by atoms with Gasteiger partial charge in [-0.2, -0.15) is 0 Å². The highest BCUT2D eigenvalue weighted by molar-refractivity contribution is 7.23. The topological polar surface area (TPSA) is 37.3 Å². The maximum atomic E-state index is 10.6. The molecule has 0 bridgehead atoms. The van der Waals surface area contributed by atoms with Crippen LogP contribution in [0.15, 0.2) is 18.2 Å². The van der Waals surface area contributed by atoms with Crippen molar-refractivity contribution in [2.45, 2.75) is 86.0 Å². The molecule has 1 aromatic rings. The standard InChI is InChI=1S/C11H16O.C10H21OP/c1-8-6-5-7-9(12)10(8)11(2,3)4;1-4-7-8-10(5-2,6-3)9-12-11/h5-7,12H,1-4H3;4-9H2,1-3H3. The van der Waals surface area contributed by atoms with Crippen molar-refractivity contribution in [3.05, 3.63) is 29.3 Å². The molecule has 0 aliphatic heterocycles. The fraction of sp³-hybridized carbons (Fsp3) is 0.714. The van der Waals surface area contributed by atoms with Crippen LogP contribution in [-0.2, 0) is 9.98 Å². The van der Waals surface area contributed by atoms with Crippen LogP contribution in [0.1, 0.15) is 84.8 Å². The highest BCUT2D eigenvalue weighted by Gasteiger charge is 2.25. The zero-order chi connectivity index (χ0) is 18.8. The van der Waals surface area contributed by atoms with Gasteiger partial charge in [-0.05, 0) is 48.6 Å². The van der Waals surface area contributed by atoms with Crippen LogP contribution in [0.25, 0.3) is 0 Å². The maximum Gasteiger partial charge on any atom is 0.155 e. The lowest BCUT2D eigenvalue weighted by Crippen LogP contribution is -2.20. The summed E-state index contributed by atoms with van der Waals surface area (Å²) in [6.07, 6.45) is 6.94. The lowest BCUT2D eigenvalue weighted by molar-refractivity contribution is 0.270. The molecular weight excluding hydrogens is 315 g/mol. The Morgan fingerprint density at radius 2 is 1.67 bits per heavy atom. The monoisotopic (exact) mass is 352 g/mol. The van der Waals surface area contributed by atoms with Gasteiger partial charge in [-0.25, -0.2) is 0 Å². The Morgan fingerprint density at radius 3 is 2.00 bits per heavy atom. The molecule has 2 nitrogen and oxygen atoms in total. The van der Waals surface area contributed by atoms with Gasteiger partial charge in [0.05, 0.1) is 0 Å². The maximum absolute atomic E-state index is 10.6. The van der Waals surface area contributed by atoms with Crippen LogP contribution in [0.3, 0.4) is 0 Å². The van der Waals surface area contributed by atoms with E-state index in [1.54, 1.807) is 6.07 Å². The van der Waals surface area contributed by atoms with E-state index in [-0.39, 0.29) is 5.41 Å². The minimum absolute atomic E-state index is 0.0232. The molecule has 0 atom stereocenters. The Kier molecular flexibility index (Phi) is 10.5. The van der Waals surface area contributed by atoms with Gasteiger partial charge in [0.15, 0.2) is 8.46 Å². The zero-order valence-electron chi connectivity index (χ0n) is 16.8. The van der Waals surface area contributed by atoms with Crippen molar-refractivity contribution in [3.8, 4) is 5.75 Å². The van der Waals surface area contributed by atoms with Gasteiger partial charge >= 0.3 is 0 Å². The average molecular weight is 352 g/mol. The molecule has 0 saturated heterocycles. The molecule has 0 aliphatic rings. The van der Waals surface area contributed by atoms with Crippen LogP contribution in [-0.4, -0.2) is 11.3 Å². The van der Waals surface area contributed by atoms with Gasteiger partial charge in [-0.1, -0.05) is 66.5 Å².